The highest BCUT2D eigenvalue weighted by Crippen LogP contribution is 2.33. The Labute approximate surface area is 102 Å². The summed E-state index contributed by atoms with van der Waals surface area (Å²) >= 11 is 0. The maximum Gasteiger partial charge on any atom is 0.0722 e. The number of nitrogens with two attached hydrogens (primary N) is 1. The van der Waals surface area contributed by atoms with Crippen molar-refractivity contribution in [2.75, 3.05) is 5.73 Å². The fourth-order valence-corrected chi connectivity index (χ4v) is 2.91. The van der Waals surface area contributed by atoms with E-state index in [-0.39, 0.29) is 0 Å². The third kappa shape index (κ3) is 1.47. The zero-order valence-corrected chi connectivity index (χ0v) is 10.2. The number of nitrogens with zero attached hydrogens (tertiary/aromatic N) is 1. The molecular weight excluding hydrogens is 208 g/mol. The average Bonchev–Trinajstić information content (AvgIpc) is 2.50. The summed E-state index contributed by atoms with van der Waals surface area (Å²) in [4.78, 5) is 0. The first-order valence-corrected chi connectivity index (χ1v) is 6.39. The Morgan fingerprint density at radius 2 is 2.24 bits per heavy atom. The largest absolute Gasteiger partial charge is 0.397 e. The molecule has 1 aromatic heterocycles. The summed E-state index contributed by atoms with van der Waals surface area (Å²) in [5.41, 5.74) is 11.1. The number of hydrogen-bond donors (Lipinski definition) is 1. The summed E-state index contributed by atoms with van der Waals surface area (Å²) in [6.45, 7) is 3.19. The number of nitrogen functional groups attached to an aromatic ring is 1. The molecule has 88 valence electrons. The summed E-state index contributed by atoms with van der Waals surface area (Å²) in [5, 5.41) is 1.31. The fourth-order valence-electron chi connectivity index (χ4n) is 2.91. The second-order valence-electron chi connectivity index (χ2n) is 4.64. The highest BCUT2D eigenvalue weighted by atomic mass is 15.0. The molecule has 0 unspecified atom stereocenters. The number of anilines is 1. The molecule has 2 aromatic rings. The molecule has 2 heteroatoms. The topological polar surface area (TPSA) is 30.9 Å². The standard InChI is InChI=1S/C15H18N2/c1-2-17-14-10-5-3-4-7-11(14)12-8-6-9-13(16)15(12)17/h4,6-9H,2-3,5,10,16H2,1H3. The van der Waals surface area contributed by atoms with Gasteiger partial charge in [-0.1, -0.05) is 24.3 Å². The Balaban J connectivity index is 2.43. The predicted octanol–water partition coefficient (Wildman–Crippen LogP) is 3.59. The van der Waals surface area contributed by atoms with E-state index in [0.29, 0.717) is 0 Å². The van der Waals surface area contributed by atoms with Crippen LogP contribution in [0.5, 0.6) is 0 Å². The molecule has 0 saturated heterocycles. The molecule has 0 fully saturated rings. The van der Waals surface area contributed by atoms with E-state index < -0.39 is 0 Å². The van der Waals surface area contributed by atoms with E-state index in [1.54, 1.807) is 0 Å². The molecule has 1 aliphatic carbocycles. The van der Waals surface area contributed by atoms with Crippen molar-refractivity contribution in [1.82, 2.24) is 4.57 Å². The molecule has 0 amide bonds. The molecule has 3 rings (SSSR count). The van der Waals surface area contributed by atoms with E-state index in [4.69, 9.17) is 5.73 Å². The van der Waals surface area contributed by atoms with Crippen LogP contribution in [-0.4, -0.2) is 4.57 Å². The maximum absolute atomic E-state index is 6.14. The minimum Gasteiger partial charge on any atom is -0.397 e. The first-order chi connectivity index (χ1) is 8.33. The summed E-state index contributed by atoms with van der Waals surface area (Å²) in [6.07, 6.45) is 8.14. The first-order valence-electron chi connectivity index (χ1n) is 6.39. The summed E-state index contributed by atoms with van der Waals surface area (Å²) in [7, 11) is 0. The Kier molecular flexibility index (Phi) is 2.43. The number of fused-ring (bicyclic) bond motifs is 3. The zero-order valence-electron chi connectivity index (χ0n) is 10.2. The van der Waals surface area contributed by atoms with Gasteiger partial charge in [0.2, 0.25) is 0 Å². The van der Waals surface area contributed by atoms with Crippen LogP contribution in [0.4, 0.5) is 5.69 Å². The van der Waals surface area contributed by atoms with Crippen LogP contribution in [0.25, 0.3) is 17.0 Å². The molecule has 0 saturated carbocycles. The molecule has 0 aliphatic heterocycles. The van der Waals surface area contributed by atoms with Gasteiger partial charge in [-0.05, 0) is 32.3 Å². The van der Waals surface area contributed by atoms with Gasteiger partial charge in [0.25, 0.3) is 0 Å². The number of allylic oxidation sites excluding steroid dienone is 1. The van der Waals surface area contributed by atoms with E-state index in [1.807, 2.05) is 6.07 Å². The van der Waals surface area contributed by atoms with Gasteiger partial charge in [-0.15, -0.1) is 0 Å². The highest BCUT2D eigenvalue weighted by Gasteiger charge is 2.16. The SMILES string of the molecule is CCn1c2c(c3cccc(N)c31)C=CCCC2. The zero-order chi connectivity index (χ0) is 11.8. The Bertz CT molecular complexity index is 590. The molecule has 2 N–H and O–H groups in total. The van der Waals surface area contributed by atoms with E-state index in [9.17, 15) is 0 Å². The second-order valence-corrected chi connectivity index (χ2v) is 4.64. The van der Waals surface area contributed by atoms with Gasteiger partial charge < -0.3 is 10.3 Å². The molecule has 0 bridgehead atoms. The van der Waals surface area contributed by atoms with Gasteiger partial charge >= 0.3 is 0 Å². The van der Waals surface area contributed by atoms with Crippen molar-refractivity contribution in [1.29, 1.82) is 0 Å². The number of aromatic nitrogens is 1. The van der Waals surface area contributed by atoms with Crippen LogP contribution >= 0.6 is 0 Å². The highest BCUT2D eigenvalue weighted by molar-refractivity contribution is 5.98. The Morgan fingerprint density at radius 1 is 1.35 bits per heavy atom. The van der Waals surface area contributed by atoms with Crippen molar-refractivity contribution in [2.45, 2.75) is 32.7 Å². The quantitative estimate of drug-likeness (QED) is 0.740. The van der Waals surface area contributed by atoms with E-state index >= 15 is 0 Å². The fraction of sp³-hybridized carbons (Fsp3) is 0.333. The van der Waals surface area contributed by atoms with Crippen LogP contribution in [0.3, 0.4) is 0 Å². The predicted molar refractivity (Wildman–Crippen MR) is 74.0 cm³/mol. The van der Waals surface area contributed by atoms with E-state index in [2.05, 4.69) is 35.8 Å². The van der Waals surface area contributed by atoms with Crippen LogP contribution < -0.4 is 5.73 Å². The van der Waals surface area contributed by atoms with Gasteiger partial charge in [-0.2, -0.15) is 0 Å². The van der Waals surface area contributed by atoms with Crippen molar-refractivity contribution in [3.8, 4) is 0 Å². The van der Waals surface area contributed by atoms with Gasteiger partial charge in [0.15, 0.2) is 0 Å². The summed E-state index contributed by atoms with van der Waals surface area (Å²) in [5.74, 6) is 0. The third-order valence-corrected chi connectivity index (χ3v) is 3.65. The lowest BCUT2D eigenvalue weighted by atomic mass is 10.1. The minimum atomic E-state index is 0.894. The van der Waals surface area contributed by atoms with Crippen LogP contribution in [0.15, 0.2) is 24.3 Å². The van der Waals surface area contributed by atoms with Crippen LogP contribution in [-0.2, 0) is 13.0 Å². The number of rotatable bonds is 1. The molecule has 0 spiro atoms. The molecular formula is C15H18N2. The molecule has 2 nitrogen and oxygen atoms in total. The van der Waals surface area contributed by atoms with Crippen molar-refractivity contribution in [3.63, 3.8) is 0 Å². The Hall–Kier alpha value is -1.70. The smallest absolute Gasteiger partial charge is 0.0722 e. The van der Waals surface area contributed by atoms with E-state index in [1.165, 1.54) is 35.0 Å². The van der Waals surface area contributed by atoms with Crippen LogP contribution in [0.2, 0.25) is 0 Å². The molecule has 1 heterocycles. The van der Waals surface area contributed by atoms with Gasteiger partial charge in [-0.25, -0.2) is 0 Å². The van der Waals surface area contributed by atoms with Crippen LogP contribution in [0.1, 0.15) is 31.0 Å². The first kappa shape index (κ1) is 10.5. The van der Waals surface area contributed by atoms with Crippen molar-refractivity contribution >= 4 is 22.7 Å². The number of para-hydroxylation sites is 1. The Morgan fingerprint density at radius 3 is 3.06 bits per heavy atom. The molecule has 17 heavy (non-hydrogen) atoms. The molecule has 1 aliphatic rings. The number of hydrogen-bond acceptors (Lipinski definition) is 1. The van der Waals surface area contributed by atoms with Gasteiger partial charge in [0.1, 0.15) is 0 Å². The van der Waals surface area contributed by atoms with Crippen molar-refractivity contribution in [3.05, 3.63) is 35.5 Å². The molecule has 0 radical (unpaired) electrons. The lowest BCUT2D eigenvalue weighted by Gasteiger charge is -2.08. The minimum absolute atomic E-state index is 0.894. The lowest BCUT2D eigenvalue weighted by Crippen LogP contribution is -2.02. The summed E-state index contributed by atoms with van der Waals surface area (Å²) < 4.78 is 2.38. The monoisotopic (exact) mass is 226 g/mol. The van der Waals surface area contributed by atoms with E-state index in [0.717, 1.165) is 18.7 Å². The lowest BCUT2D eigenvalue weighted by molar-refractivity contribution is 0.711. The molecule has 1 aromatic carbocycles. The van der Waals surface area contributed by atoms with Crippen molar-refractivity contribution < 1.29 is 0 Å². The second kappa shape index (κ2) is 3.95. The summed E-state index contributed by atoms with van der Waals surface area (Å²) in [6, 6.07) is 6.24. The van der Waals surface area contributed by atoms with Gasteiger partial charge in [0, 0.05) is 23.2 Å². The number of benzene rings is 1. The third-order valence-electron chi connectivity index (χ3n) is 3.65. The molecule has 0 atom stereocenters. The normalized spacial score (nSPS) is 14.9. The number of aryl methyl sites for hydroxylation is 1. The van der Waals surface area contributed by atoms with Crippen LogP contribution in [0, 0.1) is 0 Å². The average molecular weight is 226 g/mol. The maximum atomic E-state index is 6.14. The van der Waals surface area contributed by atoms with Gasteiger partial charge in [-0.3, -0.25) is 0 Å². The van der Waals surface area contributed by atoms with Gasteiger partial charge in [0.05, 0.1) is 11.2 Å². The van der Waals surface area contributed by atoms with Crippen molar-refractivity contribution in [2.24, 2.45) is 0 Å².